The highest BCUT2D eigenvalue weighted by molar-refractivity contribution is 4.96. The van der Waals surface area contributed by atoms with Gasteiger partial charge in [-0.3, -0.25) is 9.58 Å². The zero-order valence-corrected chi connectivity index (χ0v) is 10.3. The van der Waals surface area contributed by atoms with E-state index in [1.54, 1.807) is 0 Å². The zero-order valence-electron chi connectivity index (χ0n) is 10.3. The van der Waals surface area contributed by atoms with E-state index in [1.165, 1.54) is 0 Å². The minimum absolute atomic E-state index is 0.0534. The number of aromatic nitrogens is 2. The third kappa shape index (κ3) is 3.06. The molecular weight excluding hydrogens is 218 g/mol. The maximum absolute atomic E-state index is 9.83. The van der Waals surface area contributed by atoms with Gasteiger partial charge in [-0.2, -0.15) is 5.10 Å². The molecule has 2 rings (SSSR count). The summed E-state index contributed by atoms with van der Waals surface area (Å²) in [4.78, 5) is 2.23. The van der Waals surface area contributed by atoms with E-state index in [-0.39, 0.29) is 12.5 Å². The van der Waals surface area contributed by atoms with Crippen molar-refractivity contribution in [3.8, 4) is 0 Å². The number of hydrogen-bond donors (Lipinski definition) is 2. The molecule has 0 saturated carbocycles. The normalized spacial score (nSPS) is 26.3. The Morgan fingerprint density at radius 1 is 1.47 bits per heavy atom. The van der Waals surface area contributed by atoms with Gasteiger partial charge in [-0.1, -0.05) is 0 Å². The molecule has 1 aliphatic rings. The molecule has 0 unspecified atom stereocenters. The number of likely N-dealkylation sites (tertiary alicyclic amines) is 1. The third-order valence-corrected chi connectivity index (χ3v) is 3.60. The Morgan fingerprint density at radius 2 is 2.29 bits per heavy atom. The predicted molar refractivity (Wildman–Crippen MR) is 64.6 cm³/mol. The summed E-state index contributed by atoms with van der Waals surface area (Å²) >= 11 is 0. The summed E-state index contributed by atoms with van der Waals surface area (Å²) in [6.07, 6.45) is 2.28. The summed E-state index contributed by atoms with van der Waals surface area (Å²) in [6.45, 7) is 5.49. The fourth-order valence-corrected chi connectivity index (χ4v) is 2.33. The molecule has 1 aromatic rings. The second-order valence-corrected chi connectivity index (χ2v) is 4.80. The molecule has 1 aromatic heterocycles. The quantitative estimate of drug-likeness (QED) is 0.768. The monoisotopic (exact) mass is 239 g/mol. The van der Waals surface area contributed by atoms with Crippen LogP contribution in [0.1, 0.15) is 12.1 Å². The van der Waals surface area contributed by atoms with Gasteiger partial charge in [0.1, 0.15) is 0 Å². The highest BCUT2D eigenvalue weighted by Gasteiger charge is 2.26. The third-order valence-electron chi connectivity index (χ3n) is 3.60. The Hall–Kier alpha value is -0.910. The Bertz CT molecular complexity index is 353. The van der Waals surface area contributed by atoms with Gasteiger partial charge in [0.25, 0.3) is 0 Å². The van der Waals surface area contributed by atoms with Crippen LogP contribution < -0.4 is 0 Å². The Labute approximate surface area is 102 Å². The lowest BCUT2D eigenvalue weighted by molar-refractivity contribution is -0.00297. The maximum atomic E-state index is 9.83. The Kier molecular flexibility index (Phi) is 4.15. The first-order valence-electron chi connectivity index (χ1n) is 6.20. The molecule has 2 atom stereocenters. The van der Waals surface area contributed by atoms with Crippen molar-refractivity contribution in [2.75, 3.05) is 26.2 Å². The van der Waals surface area contributed by atoms with Crippen molar-refractivity contribution in [2.24, 2.45) is 5.92 Å². The van der Waals surface area contributed by atoms with Gasteiger partial charge in [0, 0.05) is 37.5 Å². The van der Waals surface area contributed by atoms with E-state index >= 15 is 0 Å². The average molecular weight is 239 g/mol. The summed E-state index contributed by atoms with van der Waals surface area (Å²) in [5, 5.41) is 23.1. The highest BCUT2D eigenvalue weighted by Crippen LogP contribution is 2.17. The summed E-state index contributed by atoms with van der Waals surface area (Å²) in [5.41, 5.74) is 1.16. The van der Waals surface area contributed by atoms with Crippen LogP contribution in [-0.4, -0.2) is 57.2 Å². The SMILES string of the molecule is Cc1ccnn1CCN1CC[C@H](CO)[C@@H](O)C1. The summed E-state index contributed by atoms with van der Waals surface area (Å²) in [7, 11) is 0. The van der Waals surface area contributed by atoms with Crippen LogP contribution in [-0.2, 0) is 6.54 Å². The molecule has 0 amide bonds. The molecule has 0 aromatic carbocycles. The molecule has 5 nitrogen and oxygen atoms in total. The van der Waals surface area contributed by atoms with Crippen LogP contribution in [0.3, 0.4) is 0 Å². The molecule has 17 heavy (non-hydrogen) atoms. The van der Waals surface area contributed by atoms with Gasteiger partial charge >= 0.3 is 0 Å². The van der Waals surface area contributed by atoms with E-state index in [0.29, 0.717) is 6.54 Å². The van der Waals surface area contributed by atoms with Crippen LogP contribution in [0.4, 0.5) is 0 Å². The Morgan fingerprint density at radius 3 is 2.88 bits per heavy atom. The molecule has 5 heteroatoms. The fraction of sp³-hybridized carbons (Fsp3) is 0.750. The van der Waals surface area contributed by atoms with Crippen molar-refractivity contribution in [1.82, 2.24) is 14.7 Å². The largest absolute Gasteiger partial charge is 0.396 e. The van der Waals surface area contributed by atoms with Gasteiger partial charge in [0.2, 0.25) is 0 Å². The first-order chi connectivity index (χ1) is 8.20. The molecule has 0 aliphatic carbocycles. The van der Waals surface area contributed by atoms with Gasteiger partial charge in [0.05, 0.1) is 12.6 Å². The Balaban J connectivity index is 1.79. The average Bonchev–Trinajstić information content (AvgIpc) is 2.72. The number of rotatable bonds is 4. The van der Waals surface area contributed by atoms with Gasteiger partial charge in [-0.05, 0) is 26.0 Å². The van der Waals surface area contributed by atoms with Crippen molar-refractivity contribution in [3.05, 3.63) is 18.0 Å². The van der Waals surface area contributed by atoms with E-state index in [4.69, 9.17) is 5.11 Å². The number of aliphatic hydroxyl groups is 2. The topological polar surface area (TPSA) is 61.5 Å². The van der Waals surface area contributed by atoms with Crippen LogP contribution in [0.25, 0.3) is 0 Å². The lowest BCUT2D eigenvalue weighted by atomic mass is 9.95. The molecule has 96 valence electrons. The molecule has 1 aliphatic heterocycles. The number of nitrogens with zero attached hydrogens (tertiary/aromatic N) is 3. The highest BCUT2D eigenvalue weighted by atomic mass is 16.3. The van der Waals surface area contributed by atoms with E-state index < -0.39 is 6.10 Å². The van der Waals surface area contributed by atoms with Crippen molar-refractivity contribution in [3.63, 3.8) is 0 Å². The minimum Gasteiger partial charge on any atom is -0.396 e. The minimum atomic E-state index is -0.396. The number of hydrogen-bond acceptors (Lipinski definition) is 4. The van der Waals surface area contributed by atoms with E-state index in [9.17, 15) is 5.11 Å². The second kappa shape index (κ2) is 5.62. The molecule has 0 spiro atoms. The van der Waals surface area contributed by atoms with Gasteiger partial charge < -0.3 is 10.2 Å². The first kappa shape index (κ1) is 12.5. The summed E-state index contributed by atoms with van der Waals surface area (Å²) in [5.74, 6) is 0.0534. The van der Waals surface area contributed by atoms with E-state index in [1.807, 2.05) is 23.9 Å². The van der Waals surface area contributed by atoms with Gasteiger partial charge in [0.15, 0.2) is 0 Å². The standard InChI is InChI=1S/C12H21N3O2/c1-10-2-4-13-15(10)7-6-14-5-3-11(9-16)12(17)8-14/h2,4,11-12,16-17H,3,5-9H2,1H3/t11-,12+/m1/s1. The van der Waals surface area contributed by atoms with Crippen LogP contribution in [0.5, 0.6) is 0 Å². The van der Waals surface area contributed by atoms with Crippen molar-refractivity contribution >= 4 is 0 Å². The summed E-state index contributed by atoms with van der Waals surface area (Å²) < 4.78 is 1.98. The molecule has 2 N–H and O–H groups in total. The van der Waals surface area contributed by atoms with Crippen LogP contribution >= 0.6 is 0 Å². The lowest BCUT2D eigenvalue weighted by Crippen LogP contribution is -2.46. The molecule has 0 bridgehead atoms. The fourth-order valence-electron chi connectivity index (χ4n) is 2.33. The maximum Gasteiger partial charge on any atom is 0.0717 e. The number of aliphatic hydroxyl groups excluding tert-OH is 2. The van der Waals surface area contributed by atoms with Crippen molar-refractivity contribution in [2.45, 2.75) is 26.0 Å². The molecule has 1 fully saturated rings. The molecule has 2 heterocycles. The molecule has 0 radical (unpaired) electrons. The summed E-state index contributed by atoms with van der Waals surface area (Å²) in [6, 6.07) is 1.99. The van der Waals surface area contributed by atoms with Crippen LogP contribution in [0, 0.1) is 12.8 Å². The second-order valence-electron chi connectivity index (χ2n) is 4.80. The zero-order chi connectivity index (χ0) is 12.3. The van der Waals surface area contributed by atoms with Gasteiger partial charge in [-0.25, -0.2) is 0 Å². The number of β-amino-alcohol motifs (C(OH)–C–C–N with tert-alkyl or cyclic N) is 1. The van der Waals surface area contributed by atoms with Crippen LogP contribution in [0.2, 0.25) is 0 Å². The van der Waals surface area contributed by atoms with Crippen molar-refractivity contribution < 1.29 is 10.2 Å². The van der Waals surface area contributed by atoms with E-state index in [2.05, 4.69) is 10.00 Å². The lowest BCUT2D eigenvalue weighted by Gasteiger charge is -2.35. The number of aryl methyl sites for hydroxylation is 1. The predicted octanol–water partition coefficient (Wildman–Crippen LogP) is -0.133. The first-order valence-corrected chi connectivity index (χ1v) is 6.20. The van der Waals surface area contributed by atoms with Crippen LogP contribution in [0.15, 0.2) is 12.3 Å². The van der Waals surface area contributed by atoms with E-state index in [0.717, 1.165) is 31.7 Å². The smallest absolute Gasteiger partial charge is 0.0717 e. The van der Waals surface area contributed by atoms with Crippen molar-refractivity contribution in [1.29, 1.82) is 0 Å². The number of piperidine rings is 1. The molecule has 1 saturated heterocycles. The molecular formula is C12H21N3O2. The van der Waals surface area contributed by atoms with Gasteiger partial charge in [-0.15, -0.1) is 0 Å².